The Labute approximate surface area is 198 Å². The molecule has 2 aromatic rings. The third-order valence-corrected chi connectivity index (χ3v) is 8.38. The minimum atomic E-state index is 0.243. The number of nitrogens with zero attached hydrogens (tertiary/aromatic N) is 4. The highest BCUT2D eigenvalue weighted by Crippen LogP contribution is 2.44. The van der Waals surface area contributed by atoms with Gasteiger partial charge in [0.15, 0.2) is 0 Å². The highest BCUT2D eigenvalue weighted by atomic mass is 16.2. The number of piperidine rings is 1. The predicted octanol–water partition coefficient (Wildman–Crippen LogP) is 4.22. The molecule has 5 nitrogen and oxygen atoms in total. The quantitative estimate of drug-likeness (QED) is 0.598. The zero-order chi connectivity index (χ0) is 22.9. The van der Waals surface area contributed by atoms with E-state index in [0.29, 0.717) is 29.7 Å². The molecule has 1 unspecified atom stereocenters. The molecule has 176 valence electrons. The topological polar surface area (TPSA) is 41.4 Å². The van der Waals surface area contributed by atoms with E-state index >= 15 is 0 Å². The Balaban J connectivity index is 1.26. The normalized spacial score (nSPS) is 25.8. The lowest BCUT2D eigenvalue weighted by Crippen LogP contribution is -2.48. The molecule has 1 saturated heterocycles. The average molecular weight is 447 g/mol. The van der Waals surface area contributed by atoms with Gasteiger partial charge in [-0.2, -0.15) is 5.10 Å². The molecule has 1 saturated carbocycles. The lowest BCUT2D eigenvalue weighted by atomic mass is 9.84. The second kappa shape index (κ2) is 9.46. The molecule has 1 amide bonds. The van der Waals surface area contributed by atoms with Crippen LogP contribution in [0, 0.1) is 30.6 Å². The number of aryl methyl sites for hydroxylation is 2. The van der Waals surface area contributed by atoms with E-state index in [0.717, 1.165) is 51.0 Å². The Morgan fingerprint density at radius 3 is 2.52 bits per heavy atom. The fourth-order valence-electron chi connectivity index (χ4n) is 6.53. The van der Waals surface area contributed by atoms with Crippen molar-refractivity contribution < 1.29 is 4.79 Å². The summed E-state index contributed by atoms with van der Waals surface area (Å²) >= 11 is 0. The van der Waals surface area contributed by atoms with E-state index < -0.39 is 0 Å². The third kappa shape index (κ3) is 4.79. The minimum Gasteiger partial charge on any atom is -0.342 e. The smallest absolute Gasteiger partial charge is 0.226 e. The van der Waals surface area contributed by atoms with Gasteiger partial charge in [-0.3, -0.25) is 14.4 Å². The summed E-state index contributed by atoms with van der Waals surface area (Å²) in [7, 11) is 4.26. The maximum absolute atomic E-state index is 13.2. The van der Waals surface area contributed by atoms with Crippen LogP contribution in [0.1, 0.15) is 42.5 Å². The Kier molecular flexibility index (Phi) is 6.42. The van der Waals surface area contributed by atoms with E-state index in [4.69, 9.17) is 0 Å². The van der Waals surface area contributed by atoms with E-state index in [-0.39, 0.29) is 5.92 Å². The molecule has 1 aliphatic heterocycles. The van der Waals surface area contributed by atoms with Crippen LogP contribution in [-0.4, -0.2) is 51.7 Å². The summed E-state index contributed by atoms with van der Waals surface area (Å²) in [4.78, 5) is 18.0. The summed E-state index contributed by atoms with van der Waals surface area (Å²) in [5.74, 6) is 2.41. The number of aromatic nitrogens is 2. The van der Waals surface area contributed by atoms with Gasteiger partial charge in [-0.25, -0.2) is 0 Å². The first-order valence-electron chi connectivity index (χ1n) is 12.7. The molecule has 5 rings (SSSR count). The van der Waals surface area contributed by atoms with Crippen LogP contribution in [0.3, 0.4) is 0 Å². The molecule has 0 spiro atoms. The number of rotatable bonds is 7. The molecule has 0 radical (unpaired) electrons. The van der Waals surface area contributed by atoms with Gasteiger partial charge in [0.25, 0.3) is 0 Å². The molecule has 1 aromatic heterocycles. The molecule has 2 aliphatic carbocycles. The van der Waals surface area contributed by atoms with E-state index in [1.54, 1.807) is 0 Å². The summed E-state index contributed by atoms with van der Waals surface area (Å²) in [6, 6.07) is 11.3. The number of allylic oxidation sites excluding steroid dienone is 2. The maximum Gasteiger partial charge on any atom is 0.226 e. The molecular weight excluding hydrogens is 408 g/mol. The van der Waals surface area contributed by atoms with Gasteiger partial charge in [-0.05, 0) is 69.4 Å². The van der Waals surface area contributed by atoms with Crippen molar-refractivity contribution in [3.8, 4) is 0 Å². The molecule has 3 aliphatic rings. The van der Waals surface area contributed by atoms with Crippen molar-refractivity contribution in [2.45, 2.75) is 51.6 Å². The third-order valence-electron chi connectivity index (χ3n) is 8.38. The fourth-order valence-corrected chi connectivity index (χ4v) is 6.53. The highest BCUT2D eigenvalue weighted by molar-refractivity contribution is 5.80. The van der Waals surface area contributed by atoms with E-state index in [9.17, 15) is 4.79 Å². The van der Waals surface area contributed by atoms with Crippen LogP contribution in [0.5, 0.6) is 0 Å². The van der Waals surface area contributed by atoms with Crippen molar-refractivity contribution in [3.63, 3.8) is 0 Å². The zero-order valence-corrected chi connectivity index (χ0v) is 20.4. The number of carbonyl (C=O) groups is 1. The van der Waals surface area contributed by atoms with Crippen molar-refractivity contribution in [1.29, 1.82) is 0 Å². The van der Waals surface area contributed by atoms with E-state index in [1.165, 1.54) is 17.5 Å². The van der Waals surface area contributed by atoms with Gasteiger partial charge >= 0.3 is 0 Å². The number of carbonyl (C=O) groups excluding carboxylic acids is 1. The van der Waals surface area contributed by atoms with Crippen molar-refractivity contribution in [2.75, 3.05) is 20.1 Å². The number of likely N-dealkylation sites (N-methyl/N-ethyl adjacent to an activating group) is 1. The van der Waals surface area contributed by atoms with Gasteiger partial charge in [0.1, 0.15) is 0 Å². The van der Waals surface area contributed by atoms with Crippen molar-refractivity contribution >= 4 is 5.91 Å². The number of hydrogen-bond donors (Lipinski definition) is 0. The van der Waals surface area contributed by atoms with E-state index in [2.05, 4.69) is 77.6 Å². The summed E-state index contributed by atoms with van der Waals surface area (Å²) in [6.07, 6.45) is 12.3. The first-order chi connectivity index (χ1) is 16.0. The monoisotopic (exact) mass is 446 g/mol. The molecule has 0 N–H and O–H groups in total. The Hall–Kier alpha value is -2.40. The Morgan fingerprint density at radius 1 is 1.15 bits per heavy atom. The summed E-state index contributed by atoms with van der Waals surface area (Å²) in [6.45, 7) is 4.83. The second-order valence-corrected chi connectivity index (χ2v) is 10.6. The van der Waals surface area contributed by atoms with Crippen LogP contribution >= 0.6 is 0 Å². The highest BCUT2D eigenvalue weighted by Gasteiger charge is 2.42. The number of fused-ring (bicyclic) bond motifs is 2. The SMILES string of the molecule is Cc1nn(C)cc1CN(C)C(Cc1ccccc1)C1CCN(C(=O)[C@@H]2C[C@H]3C=C[C@@H]2C3)CC1. The van der Waals surface area contributed by atoms with Gasteiger partial charge in [0.05, 0.1) is 5.69 Å². The lowest BCUT2D eigenvalue weighted by molar-refractivity contribution is -0.138. The Bertz CT molecular complexity index is 989. The van der Waals surface area contributed by atoms with Gasteiger partial charge in [-0.1, -0.05) is 42.5 Å². The largest absolute Gasteiger partial charge is 0.342 e. The maximum atomic E-state index is 13.2. The van der Waals surface area contributed by atoms with E-state index in [1.807, 2.05) is 11.7 Å². The summed E-state index contributed by atoms with van der Waals surface area (Å²) in [5.41, 5.74) is 3.81. The van der Waals surface area contributed by atoms with Crippen molar-refractivity contribution in [3.05, 3.63) is 65.5 Å². The number of hydrogen-bond acceptors (Lipinski definition) is 3. The van der Waals surface area contributed by atoms with Gasteiger partial charge in [-0.15, -0.1) is 0 Å². The summed E-state index contributed by atoms with van der Waals surface area (Å²) < 4.78 is 1.92. The van der Waals surface area contributed by atoms with Gasteiger partial charge in [0, 0.05) is 50.4 Å². The lowest BCUT2D eigenvalue weighted by Gasteiger charge is -2.41. The summed E-state index contributed by atoms with van der Waals surface area (Å²) in [5, 5.41) is 4.54. The molecule has 33 heavy (non-hydrogen) atoms. The Morgan fingerprint density at radius 2 is 1.91 bits per heavy atom. The molecular formula is C28H38N4O. The first kappa shape index (κ1) is 22.4. The fraction of sp³-hybridized carbons (Fsp3) is 0.571. The molecule has 4 atom stereocenters. The van der Waals surface area contributed by atoms with Gasteiger partial charge < -0.3 is 4.90 Å². The molecule has 1 aromatic carbocycles. The van der Waals surface area contributed by atoms with Crippen LogP contribution < -0.4 is 0 Å². The molecule has 2 bridgehead atoms. The van der Waals surface area contributed by atoms with Crippen molar-refractivity contribution in [2.24, 2.45) is 30.7 Å². The standard InChI is InChI=1S/C28H38N4O/c1-20-25(19-31(3)29-20)18-30(2)27(17-21-7-5-4-6-8-21)23-11-13-32(14-12-23)28(33)26-16-22-9-10-24(26)15-22/h4-10,19,22-24,26-27H,11-18H2,1-3H3/t22-,24+,26+,27?/m0/s1. The van der Waals surface area contributed by atoms with Crippen LogP contribution in [0.15, 0.2) is 48.7 Å². The number of amides is 1. The molecule has 2 fully saturated rings. The van der Waals surface area contributed by atoms with Crippen LogP contribution in [-0.2, 0) is 24.8 Å². The van der Waals surface area contributed by atoms with Crippen LogP contribution in [0.4, 0.5) is 0 Å². The van der Waals surface area contributed by atoms with Crippen molar-refractivity contribution in [1.82, 2.24) is 19.6 Å². The second-order valence-electron chi connectivity index (χ2n) is 10.6. The van der Waals surface area contributed by atoms with Gasteiger partial charge in [0.2, 0.25) is 5.91 Å². The number of likely N-dealkylation sites (tertiary alicyclic amines) is 1. The molecule has 2 heterocycles. The number of benzene rings is 1. The first-order valence-corrected chi connectivity index (χ1v) is 12.7. The predicted molar refractivity (Wildman–Crippen MR) is 131 cm³/mol. The zero-order valence-electron chi connectivity index (χ0n) is 20.4. The minimum absolute atomic E-state index is 0.243. The molecule has 5 heteroatoms. The van der Waals surface area contributed by atoms with Crippen LogP contribution in [0.2, 0.25) is 0 Å². The van der Waals surface area contributed by atoms with Crippen LogP contribution in [0.25, 0.3) is 0 Å². The average Bonchev–Trinajstić information content (AvgIpc) is 3.54.